The Balaban J connectivity index is 1.14. The van der Waals surface area contributed by atoms with Gasteiger partial charge in [-0.3, -0.25) is 0 Å². The lowest BCUT2D eigenvalue weighted by Crippen LogP contribution is -2.26. The van der Waals surface area contributed by atoms with Gasteiger partial charge in [0, 0.05) is 43.4 Å². The summed E-state index contributed by atoms with van der Waals surface area (Å²) in [5.41, 5.74) is 15.5. The van der Waals surface area contributed by atoms with Gasteiger partial charge in [0.05, 0.1) is 11.0 Å². The van der Waals surface area contributed by atoms with Gasteiger partial charge < -0.3 is 9.47 Å². The Labute approximate surface area is 378 Å². The van der Waals surface area contributed by atoms with Crippen molar-refractivity contribution in [3.63, 3.8) is 0 Å². The molecule has 1 aromatic heterocycles. The molecule has 0 spiro atoms. The number of nitrogens with zero attached hydrogens (tertiary/aromatic N) is 2. The van der Waals surface area contributed by atoms with Gasteiger partial charge in [-0.1, -0.05) is 198 Å². The van der Waals surface area contributed by atoms with Crippen molar-refractivity contribution >= 4 is 54.8 Å². The molecule has 8 aromatic rings. The number of anilines is 3. The molecule has 0 aliphatic heterocycles. The predicted molar refractivity (Wildman–Crippen MR) is 271 cm³/mol. The molecule has 62 heavy (non-hydrogen) atoms. The second-order valence-corrected chi connectivity index (χ2v) is 18.6. The third-order valence-electron chi connectivity index (χ3n) is 13.6. The van der Waals surface area contributed by atoms with Crippen LogP contribution in [-0.2, 0) is 5.41 Å². The first-order valence-electron chi connectivity index (χ1n) is 23.6. The largest absolute Gasteiger partial charge is 0.310 e. The van der Waals surface area contributed by atoms with Crippen molar-refractivity contribution in [3.8, 4) is 27.9 Å². The number of unbranched alkanes of at least 4 members (excludes halogenated alkanes) is 10. The number of halogens is 1. The zero-order chi connectivity index (χ0) is 42.3. The Morgan fingerprint density at radius 3 is 1.66 bits per heavy atom. The fourth-order valence-corrected chi connectivity index (χ4v) is 10.9. The van der Waals surface area contributed by atoms with Crippen LogP contribution in [0.5, 0.6) is 0 Å². The maximum Gasteiger partial charge on any atom is 0.0542 e. The molecule has 0 atom stereocenters. The molecule has 1 heterocycles. The quantitative estimate of drug-likeness (QED) is 0.0735. The topological polar surface area (TPSA) is 8.17 Å². The Morgan fingerprint density at radius 1 is 0.435 bits per heavy atom. The van der Waals surface area contributed by atoms with E-state index in [-0.39, 0.29) is 5.41 Å². The lowest BCUT2D eigenvalue weighted by atomic mass is 9.70. The van der Waals surface area contributed by atoms with Crippen LogP contribution in [-0.4, -0.2) is 4.57 Å². The van der Waals surface area contributed by atoms with Crippen LogP contribution in [0.3, 0.4) is 0 Å². The van der Waals surface area contributed by atoms with Gasteiger partial charge in [-0.25, -0.2) is 0 Å². The molecule has 0 radical (unpaired) electrons. The van der Waals surface area contributed by atoms with E-state index >= 15 is 0 Å². The summed E-state index contributed by atoms with van der Waals surface area (Å²) >= 11 is 3.93. The molecule has 0 fully saturated rings. The Kier molecular flexibility index (Phi) is 13.1. The van der Waals surface area contributed by atoms with E-state index in [9.17, 15) is 0 Å². The molecule has 0 amide bonds. The van der Waals surface area contributed by atoms with Gasteiger partial charge in [-0.2, -0.15) is 0 Å². The first-order chi connectivity index (χ1) is 30.6. The minimum atomic E-state index is -0.00184. The Hall–Kier alpha value is -5.38. The fourth-order valence-electron chi connectivity index (χ4n) is 10.5. The summed E-state index contributed by atoms with van der Waals surface area (Å²) in [6.45, 7) is 4.64. The summed E-state index contributed by atoms with van der Waals surface area (Å²) in [7, 11) is 0. The van der Waals surface area contributed by atoms with Crippen LogP contribution in [0, 0.1) is 0 Å². The minimum Gasteiger partial charge on any atom is -0.310 e. The molecule has 0 unspecified atom stereocenters. The number of hydrogen-bond donors (Lipinski definition) is 0. The van der Waals surface area contributed by atoms with Crippen LogP contribution in [0.25, 0.3) is 49.7 Å². The van der Waals surface area contributed by atoms with E-state index in [0.29, 0.717) is 0 Å². The van der Waals surface area contributed by atoms with E-state index in [0.717, 1.165) is 17.1 Å². The van der Waals surface area contributed by atoms with Gasteiger partial charge in [0.15, 0.2) is 0 Å². The predicted octanol–water partition coefficient (Wildman–Crippen LogP) is 18.5. The molecule has 0 saturated carbocycles. The van der Waals surface area contributed by atoms with Gasteiger partial charge >= 0.3 is 0 Å². The second-order valence-electron chi connectivity index (χ2n) is 17.7. The van der Waals surface area contributed by atoms with Gasteiger partial charge in [0.2, 0.25) is 0 Å². The molecule has 3 heteroatoms. The van der Waals surface area contributed by atoms with E-state index in [1.54, 1.807) is 0 Å². The number of hydrogen-bond acceptors (Lipinski definition) is 1. The molecule has 0 N–H and O–H groups in total. The standard InChI is InChI=1S/C59H61BrN2/c1-3-5-7-9-11-21-39-59(40-22-12-10-8-6-4-2)55-41-46(60)31-36-51(55)52-37-34-50(43-56(52)59)62-57-28-20-19-27-53(57)54-42-49(35-38-58(54)62)61(47-25-17-14-18-26-47)48-32-29-45(30-33-48)44-23-15-13-16-24-44/h13-20,23-38,41-43H,3-12,21-22,39-40H2,1-2H3. The number of fused-ring (bicyclic) bond motifs is 6. The molecule has 1 aliphatic carbocycles. The van der Waals surface area contributed by atoms with Crippen LogP contribution in [0.15, 0.2) is 168 Å². The van der Waals surface area contributed by atoms with Gasteiger partial charge in [-0.05, 0) is 119 Å². The van der Waals surface area contributed by atoms with E-state index in [4.69, 9.17) is 0 Å². The van der Waals surface area contributed by atoms with Crippen LogP contribution in [0.4, 0.5) is 17.1 Å². The first kappa shape index (κ1) is 41.9. The van der Waals surface area contributed by atoms with E-state index < -0.39 is 0 Å². The first-order valence-corrected chi connectivity index (χ1v) is 24.4. The molecule has 9 rings (SSSR count). The summed E-state index contributed by atoms with van der Waals surface area (Å²) in [5.74, 6) is 0. The van der Waals surface area contributed by atoms with Gasteiger partial charge in [0.25, 0.3) is 0 Å². The van der Waals surface area contributed by atoms with Gasteiger partial charge in [-0.15, -0.1) is 0 Å². The Morgan fingerprint density at radius 2 is 0.968 bits per heavy atom. The third-order valence-corrected chi connectivity index (χ3v) is 14.1. The van der Waals surface area contributed by atoms with Crippen molar-refractivity contribution in [2.45, 2.75) is 109 Å². The number of para-hydroxylation sites is 2. The molecular weight excluding hydrogens is 817 g/mol. The highest BCUT2D eigenvalue weighted by atomic mass is 79.9. The van der Waals surface area contributed by atoms with Crippen LogP contribution in [0.1, 0.15) is 115 Å². The zero-order valence-corrected chi connectivity index (χ0v) is 38.3. The van der Waals surface area contributed by atoms with Crippen molar-refractivity contribution in [1.29, 1.82) is 0 Å². The Bertz CT molecular complexity index is 2710. The van der Waals surface area contributed by atoms with E-state index in [2.05, 4.69) is 203 Å². The van der Waals surface area contributed by atoms with Crippen molar-refractivity contribution in [3.05, 3.63) is 179 Å². The normalized spacial score (nSPS) is 12.8. The fraction of sp³-hybridized carbons (Fsp3) is 0.288. The molecular formula is C59H61BrN2. The molecule has 314 valence electrons. The maximum absolute atomic E-state index is 3.93. The van der Waals surface area contributed by atoms with Crippen LogP contribution >= 0.6 is 15.9 Å². The minimum absolute atomic E-state index is 0.00184. The van der Waals surface area contributed by atoms with E-state index in [1.807, 2.05) is 0 Å². The van der Waals surface area contributed by atoms with Crippen molar-refractivity contribution < 1.29 is 0 Å². The summed E-state index contributed by atoms with van der Waals surface area (Å²) in [4.78, 5) is 2.39. The highest BCUT2D eigenvalue weighted by molar-refractivity contribution is 9.10. The third kappa shape index (κ3) is 8.41. The smallest absolute Gasteiger partial charge is 0.0542 e. The van der Waals surface area contributed by atoms with Crippen molar-refractivity contribution in [2.75, 3.05) is 4.90 Å². The average molecular weight is 878 g/mol. The lowest BCUT2D eigenvalue weighted by molar-refractivity contribution is 0.397. The van der Waals surface area contributed by atoms with Crippen LogP contribution in [0.2, 0.25) is 0 Å². The monoisotopic (exact) mass is 876 g/mol. The zero-order valence-electron chi connectivity index (χ0n) is 36.8. The van der Waals surface area contributed by atoms with Crippen molar-refractivity contribution in [2.24, 2.45) is 0 Å². The van der Waals surface area contributed by atoms with Crippen molar-refractivity contribution in [1.82, 2.24) is 4.57 Å². The number of aromatic nitrogens is 1. The second kappa shape index (κ2) is 19.3. The number of benzene rings is 7. The van der Waals surface area contributed by atoms with Crippen LogP contribution < -0.4 is 4.90 Å². The highest BCUT2D eigenvalue weighted by Crippen LogP contribution is 2.55. The van der Waals surface area contributed by atoms with E-state index in [1.165, 1.54) is 155 Å². The summed E-state index contributed by atoms with van der Waals surface area (Å²) in [5, 5.41) is 2.54. The number of rotatable bonds is 19. The highest BCUT2D eigenvalue weighted by Gasteiger charge is 2.42. The SMILES string of the molecule is CCCCCCCCC1(CCCCCCCC)c2cc(Br)ccc2-c2ccc(-n3c4ccccc4c4cc(N(c5ccccc5)c5ccc(-c6ccccc6)cc5)ccc43)cc21. The van der Waals surface area contributed by atoms with Gasteiger partial charge in [0.1, 0.15) is 0 Å². The molecule has 1 aliphatic rings. The summed E-state index contributed by atoms with van der Waals surface area (Å²) in [6.07, 6.45) is 18.2. The molecule has 0 saturated heterocycles. The lowest BCUT2D eigenvalue weighted by Gasteiger charge is -2.33. The summed E-state index contributed by atoms with van der Waals surface area (Å²) < 4.78 is 3.73. The molecule has 7 aromatic carbocycles. The molecule has 2 nitrogen and oxygen atoms in total. The molecule has 0 bridgehead atoms. The maximum atomic E-state index is 3.93. The average Bonchev–Trinajstić information content (AvgIpc) is 3.78. The summed E-state index contributed by atoms with van der Waals surface area (Å²) in [6, 6.07) is 61.1.